The molecular weight excluding hydrogens is 511 g/mol. The third kappa shape index (κ3) is 4.82. The normalized spacial score (nSPS) is 10.4. The molecule has 2 aromatic carbocycles. The van der Waals surface area contributed by atoms with E-state index in [1.807, 2.05) is 22.6 Å². The minimum Gasteiger partial charge on any atom is -0.465 e. The van der Waals surface area contributed by atoms with Crippen molar-refractivity contribution in [2.45, 2.75) is 0 Å². The van der Waals surface area contributed by atoms with E-state index >= 15 is 0 Å². The fourth-order valence-electron chi connectivity index (χ4n) is 2.58. The Morgan fingerprint density at radius 2 is 1.87 bits per heavy atom. The van der Waals surface area contributed by atoms with Gasteiger partial charge in [0, 0.05) is 15.8 Å². The number of nitrogens with one attached hydrogen (secondary N) is 1. The second kappa shape index (κ2) is 9.03. The van der Waals surface area contributed by atoms with E-state index in [0.29, 0.717) is 3.57 Å². The molecule has 0 aliphatic heterocycles. The van der Waals surface area contributed by atoms with Crippen molar-refractivity contribution in [1.82, 2.24) is 4.98 Å². The van der Waals surface area contributed by atoms with Crippen LogP contribution in [0.25, 0.3) is 0 Å². The Balaban J connectivity index is 2.03. The van der Waals surface area contributed by atoms with Crippen molar-refractivity contribution in [3.8, 4) is 11.5 Å². The topological polar surface area (TPSA) is 104 Å². The Kier molecular flexibility index (Phi) is 6.45. The summed E-state index contributed by atoms with van der Waals surface area (Å²) >= 11 is 1.94. The van der Waals surface area contributed by atoms with E-state index in [9.17, 15) is 18.4 Å². The van der Waals surface area contributed by atoms with Gasteiger partial charge in [0.2, 0.25) is 0 Å². The number of nitrogens with two attached hydrogens (primary N) is 1. The van der Waals surface area contributed by atoms with Gasteiger partial charge in [0.05, 0.1) is 30.2 Å². The molecule has 3 rings (SSSR count). The number of halogens is 3. The van der Waals surface area contributed by atoms with Gasteiger partial charge in [-0.15, -0.1) is 0 Å². The molecule has 0 saturated carbocycles. The monoisotopic (exact) mass is 525 g/mol. The fraction of sp³-hybridized carbons (Fsp3) is 0.0500. The van der Waals surface area contributed by atoms with E-state index in [1.54, 1.807) is 6.07 Å². The maximum absolute atomic E-state index is 14.2. The lowest BCUT2D eigenvalue weighted by atomic mass is 10.1. The zero-order valence-corrected chi connectivity index (χ0v) is 17.6. The van der Waals surface area contributed by atoms with Crippen LogP contribution in [0.4, 0.5) is 20.2 Å². The summed E-state index contributed by atoms with van der Waals surface area (Å²) in [6, 6.07) is 7.59. The van der Waals surface area contributed by atoms with Crippen molar-refractivity contribution in [3.63, 3.8) is 0 Å². The van der Waals surface area contributed by atoms with Crippen LogP contribution < -0.4 is 15.8 Å². The van der Waals surface area contributed by atoms with E-state index in [0.717, 1.165) is 12.1 Å². The van der Waals surface area contributed by atoms with Gasteiger partial charge in [-0.25, -0.2) is 13.6 Å². The van der Waals surface area contributed by atoms with Crippen LogP contribution in [-0.2, 0) is 4.74 Å². The molecule has 0 bridgehead atoms. The van der Waals surface area contributed by atoms with Crippen LogP contribution in [0.5, 0.6) is 11.5 Å². The van der Waals surface area contributed by atoms with Gasteiger partial charge in [0.1, 0.15) is 28.7 Å². The third-order valence-electron chi connectivity index (χ3n) is 3.88. The second-order valence-corrected chi connectivity index (χ2v) is 7.19. The predicted octanol–water partition coefficient (Wildman–Crippen LogP) is 4.39. The van der Waals surface area contributed by atoms with Crippen molar-refractivity contribution in [1.29, 1.82) is 0 Å². The Hall–Kier alpha value is -3.28. The number of methoxy groups -OCH3 is 1. The molecule has 0 spiro atoms. The van der Waals surface area contributed by atoms with Crippen LogP contribution in [0.3, 0.4) is 0 Å². The molecule has 7 nitrogen and oxygen atoms in total. The number of carbonyl (C=O) groups is 2. The van der Waals surface area contributed by atoms with E-state index < -0.39 is 23.5 Å². The molecule has 154 valence electrons. The minimum absolute atomic E-state index is 0.0174. The molecule has 0 aliphatic rings. The van der Waals surface area contributed by atoms with Gasteiger partial charge in [-0.1, -0.05) is 0 Å². The SMILES string of the molecule is COC(=O)c1cncc(Oc2cc(F)cc(Nc3ccc(I)cc3F)c2C(N)=O)c1. The maximum atomic E-state index is 14.2. The first-order valence-corrected chi connectivity index (χ1v) is 9.43. The zero-order chi connectivity index (χ0) is 21.8. The summed E-state index contributed by atoms with van der Waals surface area (Å²) in [6.45, 7) is 0. The molecule has 0 aliphatic carbocycles. The average Bonchev–Trinajstić information content (AvgIpc) is 2.69. The van der Waals surface area contributed by atoms with Gasteiger partial charge in [-0.3, -0.25) is 9.78 Å². The molecule has 0 saturated heterocycles. The van der Waals surface area contributed by atoms with Crippen LogP contribution in [0.1, 0.15) is 20.7 Å². The molecule has 1 aromatic heterocycles. The quantitative estimate of drug-likeness (QED) is 0.366. The number of esters is 1. The number of rotatable bonds is 6. The number of amides is 1. The molecule has 0 atom stereocenters. The van der Waals surface area contributed by atoms with Crippen molar-refractivity contribution < 1.29 is 27.8 Å². The number of pyridine rings is 1. The van der Waals surface area contributed by atoms with Crippen LogP contribution in [0, 0.1) is 15.2 Å². The molecule has 3 aromatic rings. The van der Waals surface area contributed by atoms with Gasteiger partial charge in [-0.05, 0) is 52.9 Å². The highest BCUT2D eigenvalue weighted by Gasteiger charge is 2.20. The lowest BCUT2D eigenvalue weighted by Crippen LogP contribution is -2.15. The number of aromatic nitrogens is 1. The molecular formula is C20H14F2IN3O4. The molecule has 1 amide bonds. The van der Waals surface area contributed by atoms with E-state index in [2.05, 4.69) is 15.0 Å². The van der Waals surface area contributed by atoms with Gasteiger partial charge in [0.15, 0.2) is 0 Å². The van der Waals surface area contributed by atoms with Gasteiger partial charge in [0.25, 0.3) is 5.91 Å². The second-order valence-electron chi connectivity index (χ2n) is 5.94. The van der Waals surface area contributed by atoms with E-state index in [1.165, 1.54) is 37.7 Å². The number of hydrogen-bond acceptors (Lipinski definition) is 6. The standard InChI is InChI=1S/C20H14F2IN3O4/c1-29-20(28)10-4-13(9-25-8-10)30-17-6-11(21)5-16(18(17)19(24)27)26-15-3-2-12(23)7-14(15)22/h2-9,26H,1H3,(H2,24,27). The molecule has 0 fully saturated rings. The summed E-state index contributed by atoms with van der Waals surface area (Å²) in [5.74, 6) is -3.15. The largest absolute Gasteiger partial charge is 0.465 e. The van der Waals surface area contributed by atoms with E-state index in [4.69, 9.17) is 10.5 Å². The molecule has 30 heavy (non-hydrogen) atoms. The molecule has 0 unspecified atom stereocenters. The number of ether oxygens (including phenoxy) is 2. The number of primary amides is 1. The third-order valence-corrected chi connectivity index (χ3v) is 4.55. The van der Waals surface area contributed by atoms with Crippen molar-refractivity contribution in [2.75, 3.05) is 12.4 Å². The smallest absolute Gasteiger partial charge is 0.339 e. The predicted molar refractivity (Wildman–Crippen MR) is 113 cm³/mol. The number of benzene rings is 2. The number of carbonyl (C=O) groups excluding carboxylic acids is 2. The fourth-order valence-corrected chi connectivity index (χ4v) is 3.04. The Bertz CT molecular complexity index is 1140. The van der Waals surface area contributed by atoms with Crippen LogP contribution in [-0.4, -0.2) is 24.0 Å². The highest BCUT2D eigenvalue weighted by Crippen LogP contribution is 2.34. The van der Waals surface area contributed by atoms with Crippen LogP contribution in [0.2, 0.25) is 0 Å². The number of anilines is 2. The van der Waals surface area contributed by atoms with Crippen LogP contribution >= 0.6 is 22.6 Å². The summed E-state index contributed by atoms with van der Waals surface area (Å²) in [7, 11) is 1.20. The number of hydrogen-bond donors (Lipinski definition) is 2. The molecule has 0 radical (unpaired) electrons. The highest BCUT2D eigenvalue weighted by atomic mass is 127. The average molecular weight is 525 g/mol. The van der Waals surface area contributed by atoms with Gasteiger partial charge >= 0.3 is 5.97 Å². The lowest BCUT2D eigenvalue weighted by molar-refractivity contribution is 0.0599. The summed E-state index contributed by atoms with van der Waals surface area (Å²) in [6.07, 6.45) is 2.51. The van der Waals surface area contributed by atoms with Crippen molar-refractivity contribution in [2.24, 2.45) is 5.73 Å². The van der Waals surface area contributed by atoms with Gasteiger partial charge < -0.3 is 20.5 Å². The van der Waals surface area contributed by atoms with Gasteiger partial charge in [-0.2, -0.15) is 0 Å². The Morgan fingerprint density at radius 1 is 1.10 bits per heavy atom. The van der Waals surface area contributed by atoms with Crippen molar-refractivity contribution in [3.05, 3.63) is 75.1 Å². The molecule has 1 heterocycles. The highest BCUT2D eigenvalue weighted by molar-refractivity contribution is 14.1. The summed E-state index contributed by atoms with van der Waals surface area (Å²) in [5.41, 5.74) is 5.28. The lowest BCUT2D eigenvalue weighted by Gasteiger charge is -2.16. The molecule has 10 heteroatoms. The van der Waals surface area contributed by atoms with Crippen LogP contribution in [0.15, 0.2) is 48.8 Å². The van der Waals surface area contributed by atoms with E-state index in [-0.39, 0.29) is 34.0 Å². The first-order chi connectivity index (χ1) is 14.3. The van der Waals surface area contributed by atoms with Crippen molar-refractivity contribution >= 4 is 45.8 Å². The maximum Gasteiger partial charge on any atom is 0.339 e. The Labute approximate surface area is 183 Å². The summed E-state index contributed by atoms with van der Waals surface area (Å²) in [5, 5.41) is 2.67. The molecule has 3 N–H and O–H groups in total. The minimum atomic E-state index is -0.935. The first-order valence-electron chi connectivity index (χ1n) is 8.35. The summed E-state index contributed by atoms with van der Waals surface area (Å²) < 4.78 is 39.3. The summed E-state index contributed by atoms with van der Waals surface area (Å²) in [4.78, 5) is 27.6. The zero-order valence-electron chi connectivity index (χ0n) is 15.4. The number of nitrogens with zero attached hydrogens (tertiary/aromatic N) is 1. The Morgan fingerprint density at radius 3 is 2.53 bits per heavy atom. The first kappa shape index (κ1) is 21.4.